The molecule has 1 amide bonds. The number of aromatic nitrogens is 2. The molecule has 10 heteroatoms. The number of aryl methyl sites for hydroxylation is 1. The molecule has 0 aliphatic carbocycles. The van der Waals surface area contributed by atoms with Crippen molar-refractivity contribution < 1.29 is 22.7 Å². The molecule has 3 heterocycles. The Morgan fingerprint density at radius 3 is 2.55 bits per heavy atom. The van der Waals surface area contributed by atoms with Gasteiger partial charge in [0, 0.05) is 25.8 Å². The number of carbonyl (C=O) groups excluding carboxylic acids is 1. The molecule has 2 aliphatic heterocycles. The van der Waals surface area contributed by atoms with E-state index in [0.29, 0.717) is 68.5 Å². The lowest BCUT2D eigenvalue weighted by molar-refractivity contribution is 0.0300. The molecular weight excluding hydrogens is 420 g/mol. The van der Waals surface area contributed by atoms with Gasteiger partial charge in [-0.05, 0) is 44.0 Å². The van der Waals surface area contributed by atoms with Crippen LogP contribution in [0.3, 0.4) is 0 Å². The molecule has 1 aromatic heterocycles. The first kappa shape index (κ1) is 21.7. The fraction of sp³-hybridized carbons (Fsp3) is 0.476. The number of methoxy groups -OCH3 is 1. The number of benzene rings is 1. The van der Waals surface area contributed by atoms with Gasteiger partial charge in [0.25, 0.3) is 5.91 Å². The van der Waals surface area contributed by atoms with Crippen LogP contribution < -0.4 is 4.74 Å². The van der Waals surface area contributed by atoms with Gasteiger partial charge >= 0.3 is 0 Å². The minimum absolute atomic E-state index is 0.187. The zero-order valence-corrected chi connectivity index (χ0v) is 18.5. The van der Waals surface area contributed by atoms with Crippen molar-refractivity contribution in [3.8, 4) is 5.75 Å². The second-order valence-corrected chi connectivity index (χ2v) is 9.46. The Kier molecular flexibility index (Phi) is 6.22. The lowest BCUT2D eigenvalue weighted by Gasteiger charge is -2.29. The van der Waals surface area contributed by atoms with E-state index in [4.69, 9.17) is 9.47 Å². The third kappa shape index (κ3) is 4.28. The van der Waals surface area contributed by atoms with Crippen LogP contribution in [0.5, 0.6) is 5.75 Å². The number of amides is 1. The van der Waals surface area contributed by atoms with Crippen LogP contribution in [0.25, 0.3) is 0 Å². The van der Waals surface area contributed by atoms with Crippen molar-refractivity contribution in [2.75, 3.05) is 40.0 Å². The van der Waals surface area contributed by atoms with E-state index in [2.05, 4.69) is 9.97 Å². The normalized spacial score (nSPS) is 20.1. The second-order valence-electron chi connectivity index (χ2n) is 7.57. The van der Waals surface area contributed by atoms with E-state index in [0.717, 1.165) is 0 Å². The number of ether oxygens (including phenoxy) is 2. The van der Waals surface area contributed by atoms with E-state index in [1.165, 1.54) is 29.7 Å². The molecule has 0 radical (unpaired) electrons. The van der Waals surface area contributed by atoms with Gasteiger partial charge in [0.05, 0.1) is 42.5 Å². The summed E-state index contributed by atoms with van der Waals surface area (Å²) in [4.78, 5) is 23.8. The molecule has 1 atom stereocenters. The van der Waals surface area contributed by atoms with Crippen molar-refractivity contribution in [2.24, 2.45) is 0 Å². The molecule has 2 saturated heterocycles. The van der Waals surface area contributed by atoms with Gasteiger partial charge in [0.1, 0.15) is 11.6 Å². The van der Waals surface area contributed by atoms with Gasteiger partial charge < -0.3 is 14.4 Å². The Bertz CT molecular complexity index is 1050. The molecule has 0 bridgehead atoms. The van der Waals surface area contributed by atoms with Crippen molar-refractivity contribution in [3.63, 3.8) is 0 Å². The molecule has 1 aromatic carbocycles. The smallest absolute Gasteiger partial charge is 0.257 e. The first-order valence-corrected chi connectivity index (χ1v) is 11.7. The van der Waals surface area contributed by atoms with Crippen molar-refractivity contribution in [1.82, 2.24) is 19.2 Å². The highest BCUT2D eigenvalue weighted by Gasteiger charge is 2.39. The summed E-state index contributed by atoms with van der Waals surface area (Å²) in [5.74, 6) is 0.899. The number of nitrogens with zero attached hydrogens (tertiary/aromatic N) is 4. The van der Waals surface area contributed by atoms with E-state index >= 15 is 0 Å². The average Bonchev–Trinajstić information content (AvgIpc) is 3.30. The van der Waals surface area contributed by atoms with E-state index in [-0.39, 0.29) is 10.8 Å². The van der Waals surface area contributed by atoms with Gasteiger partial charge in [-0.3, -0.25) is 4.79 Å². The average molecular weight is 447 g/mol. The first-order chi connectivity index (χ1) is 14.9. The van der Waals surface area contributed by atoms with Crippen LogP contribution in [0.1, 0.15) is 40.8 Å². The first-order valence-electron chi connectivity index (χ1n) is 10.3. The summed E-state index contributed by atoms with van der Waals surface area (Å²) in [6, 6.07) is 5.80. The van der Waals surface area contributed by atoms with Gasteiger partial charge in [-0.15, -0.1) is 0 Å². The number of morpholine rings is 1. The summed E-state index contributed by atoms with van der Waals surface area (Å²) in [6.07, 6.45) is 2.80. The Morgan fingerprint density at radius 1 is 1.16 bits per heavy atom. The van der Waals surface area contributed by atoms with E-state index in [9.17, 15) is 13.2 Å². The number of carbonyl (C=O) groups is 1. The zero-order valence-electron chi connectivity index (χ0n) is 17.7. The second kappa shape index (κ2) is 8.89. The van der Waals surface area contributed by atoms with Crippen LogP contribution in [0, 0.1) is 6.92 Å². The molecule has 9 nitrogen and oxygen atoms in total. The lowest BCUT2D eigenvalue weighted by Crippen LogP contribution is -2.41. The number of sulfonamides is 1. The highest BCUT2D eigenvalue weighted by Crippen LogP contribution is 2.37. The topological polar surface area (TPSA) is 102 Å². The monoisotopic (exact) mass is 446 g/mol. The Morgan fingerprint density at radius 2 is 1.87 bits per heavy atom. The Hall–Kier alpha value is -2.56. The van der Waals surface area contributed by atoms with E-state index in [1.807, 2.05) is 0 Å². The maximum Gasteiger partial charge on any atom is 0.257 e. The van der Waals surface area contributed by atoms with Crippen LogP contribution in [-0.4, -0.2) is 73.5 Å². The molecule has 2 aliphatic rings. The van der Waals surface area contributed by atoms with Crippen LogP contribution >= 0.6 is 0 Å². The third-order valence-electron chi connectivity index (χ3n) is 5.65. The van der Waals surface area contributed by atoms with Crippen LogP contribution in [0.15, 0.2) is 35.4 Å². The van der Waals surface area contributed by atoms with Gasteiger partial charge in [0.2, 0.25) is 10.0 Å². The highest BCUT2D eigenvalue weighted by atomic mass is 32.2. The summed E-state index contributed by atoms with van der Waals surface area (Å²) in [5.41, 5.74) is 0.827. The van der Waals surface area contributed by atoms with Crippen LogP contribution in [-0.2, 0) is 14.8 Å². The molecule has 1 unspecified atom stereocenters. The molecule has 4 rings (SSSR count). The van der Waals surface area contributed by atoms with Crippen molar-refractivity contribution in [2.45, 2.75) is 30.7 Å². The Labute approximate surface area is 182 Å². The number of hydrogen-bond donors (Lipinski definition) is 0. The largest absolute Gasteiger partial charge is 0.497 e. The third-order valence-corrected chi connectivity index (χ3v) is 7.58. The summed E-state index contributed by atoms with van der Waals surface area (Å²) in [5, 5.41) is 0. The van der Waals surface area contributed by atoms with Gasteiger partial charge in [0.15, 0.2) is 0 Å². The minimum atomic E-state index is -3.77. The molecular formula is C21H26N4O5S. The van der Waals surface area contributed by atoms with Gasteiger partial charge in [-0.2, -0.15) is 4.31 Å². The molecule has 2 fully saturated rings. The highest BCUT2D eigenvalue weighted by molar-refractivity contribution is 7.89. The quantitative estimate of drug-likeness (QED) is 0.690. The molecule has 0 spiro atoms. The van der Waals surface area contributed by atoms with E-state index < -0.39 is 16.1 Å². The number of rotatable bonds is 5. The molecule has 0 N–H and O–H groups in total. The predicted molar refractivity (Wildman–Crippen MR) is 112 cm³/mol. The zero-order chi connectivity index (χ0) is 22.0. The molecule has 2 aromatic rings. The molecule has 166 valence electrons. The Balaban J connectivity index is 1.69. The van der Waals surface area contributed by atoms with Crippen molar-refractivity contribution in [1.29, 1.82) is 0 Å². The maximum atomic E-state index is 13.4. The summed E-state index contributed by atoms with van der Waals surface area (Å²) < 4.78 is 38.8. The summed E-state index contributed by atoms with van der Waals surface area (Å²) in [7, 11) is -2.24. The minimum Gasteiger partial charge on any atom is -0.497 e. The fourth-order valence-electron chi connectivity index (χ4n) is 4.03. The molecule has 31 heavy (non-hydrogen) atoms. The maximum absolute atomic E-state index is 13.4. The van der Waals surface area contributed by atoms with Gasteiger partial charge in [-0.1, -0.05) is 0 Å². The van der Waals surface area contributed by atoms with Gasteiger partial charge in [-0.25, -0.2) is 18.4 Å². The predicted octanol–water partition coefficient (Wildman–Crippen LogP) is 1.79. The van der Waals surface area contributed by atoms with E-state index in [1.54, 1.807) is 24.0 Å². The summed E-state index contributed by atoms with van der Waals surface area (Å²) in [6.45, 7) is 4.05. The van der Waals surface area contributed by atoms with Crippen molar-refractivity contribution >= 4 is 15.9 Å². The fourth-order valence-corrected chi connectivity index (χ4v) is 5.69. The van der Waals surface area contributed by atoms with Crippen LogP contribution in [0.2, 0.25) is 0 Å². The van der Waals surface area contributed by atoms with Crippen molar-refractivity contribution in [3.05, 3.63) is 47.5 Å². The number of hydrogen-bond acceptors (Lipinski definition) is 7. The SMILES string of the molecule is COc1ccc(S(=O)(=O)N2CCCC2c2nc(C)ncc2C(=O)N2CCOCC2)cc1. The lowest BCUT2D eigenvalue weighted by atomic mass is 10.1. The van der Waals surface area contributed by atoms with Crippen LogP contribution in [0.4, 0.5) is 0 Å². The standard InChI is InChI=1S/C21H26N4O5S/c1-15-22-14-18(21(26)24-10-12-30-13-11-24)20(23-15)19-4-3-9-25(19)31(27,28)17-7-5-16(29-2)6-8-17/h5-8,14,19H,3-4,9-13H2,1-2H3. The summed E-state index contributed by atoms with van der Waals surface area (Å²) >= 11 is 0. The molecule has 0 saturated carbocycles.